The zero-order valence-electron chi connectivity index (χ0n) is 32.0. The number of ether oxygens (including phenoxy) is 2. The van der Waals surface area contributed by atoms with Crippen molar-refractivity contribution >= 4 is 35.4 Å². The van der Waals surface area contributed by atoms with Crippen molar-refractivity contribution in [3.05, 3.63) is 0 Å². The normalized spacial score (nSPS) is 23.6. The molecular formula is C33H65O19P3. The minimum Gasteiger partial charge on any atom is -0.462 e. The molecule has 0 aromatic carbocycles. The number of hydrogen-bond donors (Lipinski definition) is 8. The van der Waals surface area contributed by atoms with Crippen LogP contribution >= 0.6 is 23.5 Å². The maximum atomic E-state index is 13.0. The minimum absolute atomic E-state index is 0.00314. The maximum absolute atomic E-state index is 13.0. The Morgan fingerprint density at radius 3 is 1.33 bits per heavy atom. The second-order valence-corrected chi connectivity index (χ2v) is 17.7. The predicted octanol–water partition coefficient (Wildman–Crippen LogP) is 4.84. The Labute approximate surface area is 323 Å². The van der Waals surface area contributed by atoms with Crippen molar-refractivity contribution < 1.29 is 90.6 Å². The van der Waals surface area contributed by atoms with Gasteiger partial charge in [-0.15, -0.1) is 0 Å². The van der Waals surface area contributed by atoms with E-state index in [1.54, 1.807) is 0 Å². The van der Waals surface area contributed by atoms with Gasteiger partial charge in [0.1, 0.15) is 43.2 Å². The van der Waals surface area contributed by atoms with Gasteiger partial charge in [-0.05, 0) is 12.8 Å². The molecule has 0 aromatic heterocycles. The van der Waals surface area contributed by atoms with Crippen molar-refractivity contribution in [3.63, 3.8) is 0 Å². The van der Waals surface area contributed by atoms with E-state index in [9.17, 15) is 63.1 Å². The smallest absolute Gasteiger partial charge is 0.462 e. The van der Waals surface area contributed by atoms with Gasteiger partial charge in [-0.3, -0.25) is 27.7 Å². The zero-order valence-corrected chi connectivity index (χ0v) is 34.7. The topological polar surface area (TPSA) is 303 Å². The molecule has 22 heteroatoms. The molecule has 0 bridgehead atoms. The Balaban J connectivity index is 2.87. The maximum Gasteiger partial charge on any atom is 0.472 e. The van der Waals surface area contributed by atoms with E-state index in [0.29, 0.717) is 12.8 Å². The largest absolute Gasteiger partial charge is 0.472 e. The fraction of sp³-hybridized carbons (Fsp3) is 0.939. The van der Waals surface area contributed by atoms with Gasteiger partial charge in [-0.2, -0.15) is 0 Å². The van der Waals surface area contributed by atoms with Gasteiger partial charge in [0.2, 0.25) is 0 Å². The van der Waals surface area contributed by atoms with Crippen LogP contribution in [0.2, 0.25) is 0 Å². The molecule has 0 heterocycles. The fourth-order valence-electron chi connectivity index (χ4n) is 5.99. The number of aliphatic hydroxyl groups is 3. The van der Waals surface area contributed by atoms with E-state index >= 15 is 0 Å². The molecule has 0 saturated heterocycles. The van der Waals surface area contributed by atoms with Crippen molar-refractivity contribution in [1.82, 2.24) is 0 Å². The van der Waals surface area contributed by atoms with Gasteiger partial charge < -0.3 is 49.3 Å². The fourth-order valence-corrected chi connectivity index (χ4v) is 8.09. The molecular weight excluding hydrogens is 793 g/mol. The van der Waals surface area contributed by atoms with E-state index in [1.807, 2.05) is 0 Å². The van der Waals surface area contributed by atoms with Crippen LogP contribution < -0.4 is 0 Å². The Morgan fingerprint density at radius 1 is 0.509 bits per heavy atom. The van der Waals surface area contributed by atoms with Gasteiger partial charge in [-0.25, -0.2) is 13.7 Å². The summed E-state index contributed by atoms with van der Waals surface area (Å²) in [4.78, 5) is 72.5. The number of unbranched alkanes of at least 4 members (excludes halogenated alkanes) is 16. The van der Waals surface area contributed by atoms with Gasteiger partial charge in [0.15, 0.2) is 6.10 Å². The molecule has 8 atom stereocenters. The molecule has 326 valence electrons. The summed E-state index contributed by atoms with van der Waals surface area (Å²) in [5, 5.41) is 31.6. The van der Waals surface area contributed by atoms with E-state index in [2.05, 4.69) is 22.9 Å². The molecule has 1 saturated carbocycles. The molecule has 19 nitrogen and oxygen atoms in total. The van der Waals surface area contributed by atoms with E-state index in [-0.39, 0.29) is 12.8 Å². The summed E-state index contributed by atoms with van der Waals surface area (Å²) in [6.45, 7) is 2.83. The van der Waals surface area contributed by atoms with E-state index in [0.717, 1.165) is 64.2 Å². The summed E-state index contributed by atoms with van der Waals surface area (Å²) in [7, 11) is -16.6. The van der Waals surface area contributed by atoms with Crippen LogP contribution in [0.25, 0.3) is 0 Å². The summed E-state index contributed by atoms with van der Waals surface area (Å²) in [5.41, 5.74) is 0. The monoisotopic (exact) mass is 858 g/mol. The lowest BCUT2D eigenvalue weighted by Crippen LogP contribution is -2.65. The molecule has 1 aliphatic carbocycles. The number of aliphatic hydroxyl groups excluding tert-OH is 3. The quantitative estimate of drug-likeness (QED) is 0.0255. The highest BCUT2D eigenvalue weighted by atomic mass is 31.2. The van der Waals surface area contributed by atoms with Gasteiger partial charge in [0.25, 0.3) is 0 Å². The van der Waals surface area contributed by atoms with Crippen LogP contribution in [-0.2, 0) is 50.9 Å². The Bertz CT molecular complexity index is 1210. The summed E-state index contributed by atoms with van der Waals surface area (Å²) < 4.78 is 64.9. The standard InChI is InChI=1S/C33H65O19P3/c1-3-5-7-9-11-13-15-17-19-21-26(34)47-23-25(49-27(35)22-20-18-16-14-12-10-8-6-4-2)24-48-55(45,46)52-31-28(36)29(37)32(50-53(39,40)41)33(30(31)38)51-54(42,43)44/h25,28-33,36-38H,3-24H2,1-2H3,(H,45,46)(H2,39,40,41)(H2,42,43,44)/t25-,28-,29+,30+,31-,32-,33-/m1/s1. The third-order valence-electron chi connectivity index (χ3n) is 8.91. The lowest BCUT2D eigenvalue weighted by molar-refractivity contribution is -0.213. The number of phosphoric ester groups is 3. The van der Waals surface area contributed by atoms with Crippen molar-refractivity contribution in [3.8, 4) is 0 Å². The van der Waals surface area contributed by atoms with Gasteiger partial charge in [0, 0.05) is 12.8 Å². The lowest BCUT2D eigenvalue weighted by atomic mass is 9.85. The van der Waals surface area contributed by atoms with E-state index in [4.69, 9.17) is 18.5 Å². The third-order valence-corrected chi connectivity index (χ3v) is 10.9. The number of rotatable bonds is 32. The van der Waals surface area contributed by atoms with Crippen molar-refractivity contribution in [2.24, 2.45) is 0 Å². The molecule has 1 aliphatic rings. The van der Waals surface area contributed by atoms with Crippen molar-refractivity contribution in [2.75, 3.05) is 13.2 Å². The summed E-state index contributed by atoms with van der Waals surface area (Å²) >= 11 is 0. The van der Waals surface area contributed by atoms with Crippen LogP contribution in [-0.4, -0.2) is 108 Å². The zero-order chi connectivity index (χ0) is 41.5. The number of carbonyl (C=O) groups is 2. The molecule has 0 radical (unpaired) electrons. The first-order chi connectivity index (χ1) is 25.8. The first-order valence-electron chi connectivity index (χ1n) is 19.3. The molecule has 55 heavy (non-hydrogen) atoms. The summed E-state index contributed by atoms with van der Waals surface area (Å²) in [6, 6.07) is 0. The second kappa shape index (κ2) is 27.8. The molecule has 0 aromatic rings. The third kappa shape index (κ3) is 24.6. The van der Waals surface area contributed by atoms with Crippen LogP contribution in [0.3, 0.4) is 0 Å². The Morgan fingerprint density at radius 2 is 0.891 bits per heavy atom. The van der Waals surface area contributed by atoms with Crippen molar-refractivity contribution in [2.45, 2.75) is 185 Å². The molecule has 1 unspecified atom stereocenters. The molecule has 1 fully saturated rings. The second-order valence-electron chi connectivity index (χ2n) is 13.9. The number of phosphoric acid groups is 3. The average Bonchev–Trinajstić information content (AvgIpc) is 3.09. The van der Waals surface area contributed by atoms with E-state index < -0.39 is 91.3 Å². The Kier molecular flexibility index (Phi) is 26.3. The van der Waals surface area contributed by atoms with E-state index in [1.165, 1.54) is 38.5 Å². The number of hydrogen-bond acceptors (Lipinski definition) is 14. The first-order valence-corrected chi connectivity index (χ1v) is 23.9. The highest BCUT2D eigenvalue weighted by molar-refractivity contribution is 7.47. The first kappa shape index (κ1) is 52.2. The molecule has 8 N–H and O–H groups in total. The van der Waals surface area contributed by atoms with Gasteiger partial charge in [0.05, 0.1) is 6.61 Å². The Hall–Kier alpha value is -0.850. The van der Waals surface area contributed by atoms with Crippen molar-refractivity contribution in [1.29, 1.82) is 0 Å². The SMILES string of the molecule is CCCCCCCCCCCC(=O)OC[C@H](COP(=O)(O)O[C@@H]1[C@H](O)[C@H](O)[C@@H](OP(=O)(O)O)[C@H](OP(=O)(O)O)[C@H]1O)OC(=O)CCCCCCCCCCC. The van der Waals surface area contributed by atoms with Gasteiger partial charge in [-0.1, -0.05) is 117 Å². The van der Waals surface area contributed by atoms with Crippen LogP contribution in [0, 0.1) is 0 Å². The summed E-state index contributed by atoms with van der Waals surface area (Å²) in [6.07, 6.45) is 2.07. The predicted molar refractivity (Wildman–Crippen MR) is 197 cm³/mol. The highest BCUT2D eigenvalue weighted by Crippen LogP contribution is 2.51. The molecule has 0 spiro atoms. The highest BCUT2D eigenvalue weighted by Gasteiger charge is 2.56. The van der Waals surface area contributed by atoms with Gasteiger partial charge >= 0.3 is 35.4 Å². The van der Waals surface area contributed by atoms with Crippen LogP contribution in [0.5, 0.6) is 0 Å². The molecule has 1 rings (SSSR count). The van der Waals surface area contributed by atoms with Crippen LogP contribution in [0.15, 0.2) is 0 Å². The van der Waals surface area contributed by atoms with Crippen LogP contribution in [0.1, 0.15) is 142 Å². The van der Waals surface area contributed by atoms with Crippen LogP contribution in [0.4, 0.5) is 0 Å². The summed E-state index contributed by atoms with van der Waals surface area (Å²) in [5.74, 6) is -1.30. The minimum atomic E-state index is -5.59. The molecule has 0 aliphatic heterocycles. The number of esters is 2. The average molecular weight is 859 g/mol. The molecule has 0 amide bonds. The number of carbonyl (C=O) groups excluding carboxylic acids is 2. The lowest BCUT2D eigenvalue weighted by Gasteiger charge is -2.44.